The highest BCUT2D eigenvalue weighted by Crippen LogP contribution is 2.26. The predicted molar refractivity (Wildman–Crippen MR) is 117 cm³/mol. The van der Waals surface area contributed by atoms with Crippen LogP contribution in [0.4, 0.5) is 11.4 Å². The van der Waals surface area contributed by atoms with E-state index in [-0.39, 0.29) is 10.8 Å². The third-order valence-electron chi connectivity index (χ3n) is 4.85. The summed E-state index contributed by atoms with van der Waals surface area (Å²) in [5, 5.41) is 2.99. The summed E-state index contributed by atoms with van der Waals surface area (Å²) in [4.78, 5) is 13.1. The third kappa shape index (κ3) is 4.49. The van der Waals surface area contributed by atoms with Gasteiger partial charge < -0.3 is 5.32 Å². The molecular weight excluding hydrogens is 384 g/mol. The molecule has 0 aromatic heterocycles. The molecule has 0 radical (unpaired) electrons. The number of hydrogen-bond donors (Lipinski definition) is 2. The van der Waals surface area contributed by atoms with E-state index in [0.29, 0.717) is 16.8 Å². The van der Waals surface area contributed by atoms with Crippen LogP contribution < -0.4 is 10.0 Å². The van der Waals surface area contributed by atoms with Crippen LogP contribution in [0.3, 0.4) is 0 Å². The maximum absolute atomic E-state index is 13.0. The molecule has 5 nitrogen and oxygen atoms in total. The summed E-state index contributed by atoms with van der Waals surface area (Å²) in [6.07, 6.45) is 0.799. The van der Waals surface area contributed by atoms with Crippen molar-refractivity contribution >= 4 is 27.3 Å². The van der Waals surface area contributed by atoms with Gasteiger partial charge in [-0.05, 0) is 61.2 Å². The number of carbonyl (C=O) groups excluding carboxylic acids is 1. The van der Waals surface area contributed by atoms with E-state index < -0.39 is 10.0 Å². The Morgan fingerprint density at radius 1 is 0.897 bits per heavy atom. The lowest BCUT2D eigenvalue weighted by Crippen LogP contribution is -2.18. The summed E-state index contributed by atoms with van der Waals surface area (Å²) in [6, 6.07) is 19.1. The minimum Gasteiger partial charge on any atom is -0.321 e. The number of hydrogen-bond acceptors (Lipinski definition) is 3. The van der Waals surface area contributed by atoms with E-state index in [4.69, 9.17) is 0 Å². The number of carbonyl (C=O) groups is 1. The van der Waals surface area contributed by atoms with E-state index in [1.54, 1.807) is 43.3 Å². The monoisotopic (exact) mass is 408 g/mol. The standard InChI is InChI=1S/C23H24N2O3S/c1-4-18-11-8-10-16(2)22(18)24-23(26)20-14-9-15-21(17(20)3)25-29(27,28)19-12-6-5-7-13-19/h5-15,25H,4H2,1-3H3,(H,24,26). The Morgan fingerprint density at radius 3 is 2.28 bits per heavy atom. The minimum atomic E-state index is -3.74. The molecular formula is C23H24N2O3S. The summed E-state index contributed by atoms with van der Waals surface area (Å²) in [5.74, 6) is -0.271. The lowest BCUT2D eigenvalue weighted by molar-refractivity contribution is 0.102. The van der Waals surface area contributed by atoms with Gasteiger partial charge in [0.25, 0.3) is 15.9 Å². The van der Waals surface area contributed by atoms with Crippen molar-refractivity contribution in [1.29, 1.82) is 0 Å². The third-order valence-corrected chi connectivity index (χ3v) is 6.24. The first-order valence-electron chi connectivity index (χ1n) is 9.41. The second kappa shape index (κ2) is 8.49. The van der Waals surface area contributed by atoms with E-state index in [0.717, 1.165) is 23.2 Å². The Bertz CT molecular complexity index is 1140. The van der Waals surface area contributed by atoms with Crippen molar-refractivity contribution in [2.75, 3.05) is 10.0 Å². The van der Waals surface area contributed by atoms with Crippen LogP contribution in [0, 0.1) is 13.8 Å². The molecule has 0 unspecified atom stereocenters. The highest BCUT2D eigenvalue weighted by Gasteiger charge is 2.18. The van der Waals surface area contributed by atoms with Crippen LogP contribution in [-0.4, -0.2) is 14.3 Å². The van der Waals surface area contributed by atoms with Gasteiger partial charge in [-0.1, -0.05) is 49.4 Å². The zero-order valence-electron chi connectivity index (χ0n) is 16.7. The smallest absolute Gasteiger partial charge is 0.261 e. The Labute approximate surface area is 171 Å². The van der Waals surface area contributed by atoms with E-state index >= 15 is 0 Å². The zero-order valence-corrected chi connectivity index (χ0v) is 17.5. The normalized spacial score (nSPS) is 11.1. The number of amides is 1. The Morgan fingerprint density at radius 2 is 1.59 bits per heavy atom. The quantitative estimate of drug-likeness (QED) is 0.608. The first-order valence-corrected chi connectivity index (χ1v) is 10.9. The van der Waals surface area contributed by atoms with Crippen molar-refractivity contribution in [3.8, 4) is 0 Å². The molecule has 0 spiro atoms. The number of rotatable bonds is 6. The predicted octanol–water partition coefficient (Wildman–Crippen LogP) is 4.92. The van der Waals surface area contributed by atoms with Gasteiger partial charge in [0.1, 0.15) is 0 Å². The highest BCUT2D eigenvalue weighted by molar-refractivity contribution is 7.92. The van der Waals surface area contributed by atoms with Crippen molar-refractivity contribution in [2.24, 2.45) is 0 Å². The van der Waals surface area contributed by atoms with E-state index in [1.807, 2.05) is 32.0 Å². The van der Waals surface area contributed by atoms with Crippen LogP contribution >= 0.6 is 0 Å². The van der Waals surface area contributed by atoms with Crippen molar-refractivity contribution in [1.82, 2.24) is 0 Å². The molecule has 0 atom stereocenters. The number of anilines is 2. The molecule has 150 valence electrons. The molecule has 0 aliphatic rings. The summed E-state index contributed by atoms with van der Waals surface area (Å²) in [5.41, 5.74) is 4.20. The maximum Gasteiger partial charge on any atom is 0.261 e. The molecule has 0 saturated heterocycles. The number of nitrogens with one attached hydrogen (secondary N) is 2. The Balaban J connectivity index is 1.90. The molecule has 3 aromatic carbocycles. The molecule has 3 rings (SSSR count). The highest BCUT2D eigenvalue weighted by atomic mass is 32.2. The number of para-hydroxylation sites is 1. The average molecular weight is 409 g/mol. The fourth-order valence-electron chi connectivity index (χ4n) is 3.18. The van der Waals surface area contributed by atoms with Crippen LogP contribution in [0.25, 0.3) is 0 Å². The van der Waals surface area contributed by atoms with Crippen LogP contribution in [0.1, 0.15) is 34.0 Å². The van der Waals surface area contributed by atoms with Gasteiger partial charge in [0.15, 0.2) is 0 Å². The van der Waals surface area contributed by atoms with Gasteiger partial charge in [0.05, 0.1) is 10.6 Å². The number of benzene rings is 3. The maximum atomic E-state index is 13.0. The number of sulfonamides is 1. The van der Waals surface area contributed by atoms with Gasteiger partial charge in [-0.25, -0.2) is 8.42 Å². The van der Waals surface area contributed by atoms with Gasteiger partial charge in [-0.15, -0.1) is 0 Å². The van der Waals surface area contributed by atoms with Crippen LogP contribution in [0.2, 0.25) is 0 Å². The van der Waals surface area contributed by atoms with Gasteiger partial charge in [-0.2, -0.15) is 0 Å². The molecule has 0 aliphatic carbocycles. The topological polar surface area (TPSA) is 75.3 Å². The lowest BCUT2D eigenvalue weighted by atomic mass is 10.0. The molecule has 0 heterocycles. The summed E-state index contributed by atoms with van der Waals surface area (Å²) in [7, 11) is -3.74. The van der Waals surface area contributed by atoms with Crippen molar-refractivity contribution < 1.29 is 13.2 Å². The first kappa shape index (κ1) is 20.6. The van der Waals surface area contributed by atoms with E-state index in [1.165, 1.54) is 12.1 Å². The Hall–Kier alpha value is -3.12. The van der Waals surface area contributed by atoms with Gasteiger partial charge in [0.2, 0.25) is 0 Å². The van der Waals surface area contributed by atoms with Gasteiger partial charge >= 0.3 is 0 Å². The average Bonchev–Trinajstić information content (AvgIpc) is 2.71. The molecule has 29 heavy (non-hydrogen) atoms. The number of aryl methyl sites for hydroxylation is 2. The van der Waals surface area contributed by atoms with Crippen molar-refractivity contribution in [3.05, 3.63) is 89.0 Å². The SMILES string of the molecule is CCc1cccc(C)c1NC(=O)c1cccc(NS(=O)(=O)c2ccccc2)c1C. The fourth-order valence-corrected chi connectivity index (χ4v) is 4.32. The molecule has 2 N–H and O–H groups in total. The minimum absolute atomic E-state index is 0.168. The fraction of sp³-hybridized carbons (Fsp3) is 0.174. The molecule has 1 amide bonds. The summed E-state index contributed by atoms with van der Waals surface area (Å²) >= 11 is 0. The van der Waals surface area contributed by atoms with Crippen LogP contribution in [-0.2, 0) is 16.4 Å². The molecule has 6 heteroatoms. The second-order valence-electron chi connectivity index (χ2n) is 6.81. The van der Waals surface area contributed by atoms with Crippen LogP contribution in [0.5, 0.6) is 0 Å². The molecule has 0 aliphatic heterocycles. The largest absolute Gasteiger partial charge is 0.321 e. The summed E-state index contributed by atoms with van der Waals surface area (Å²) < 4.78 is 27.9. The zero-order chi connectivity index (χ0) is 21.0. The molecule has 0 saturated carbocycles. The molecule has 0 bridgehead atoms. The summed E-state index contributed by atoms with van der Waals surface area (Å²) in [6.45, 7) is 5.72. The van der Waals surface area contributed by atoms with Crippen molar-refractivity contribution in [3.63, 3.8) is 0 Å². The molecule has 0 fully saturated rings. The molecule has 3 aromatic rings. The van der Waals surface area contributed by atoms with Gasteiger partial charge in [-0.3, -0.25) is 9.52 Å². The lowest BCUT2D eigenvalue weighted by Gasteiger charge is -2.16. The first-order chi connectivity index (χ1) is 13.8. The second-order valence-corrected chi connectivity index (χ2v) is 8.50. The van der Waals surface area contributed by atoms with Gasteiger partial charge in [0, 0.05) is 11.3 Å². The Kier molecular flexibility index (Phi) is 6.03. The van der Waals surface area contributed by atoms with Crippen LogP contribution in [0.15, 0.2) is 71.6 Å². The van der Waals surface area contributed by atoms with E-state index in [2.05, 4.69) is 10.0 Å². The van der Waals surface area contributed by atoms with Crippen molar-refractivity contribution in [2.45, 2.75) is 32.1 Å². The van der Waals surface area contributed by atoms with E-state index in [9.17, 15) is 13.2 Å².